The molecule has 1 atom stereocenters. The molecule has 1 aromatic carbocycles. The molecule has 0 aliphatic carbocycles. The molecule has 1 unspecified atom stereocenters. The first-order valence-electron chi connectivity index (χ1n) is 6.65. The van der Waals surface area contributed by atoms with E-state index < -0.39 is 0 Å². The van der Waals surface area contributed by atoms with Crippen LogP contribution in [0.4, 0.5) is 0 Å². The van der Waals surface area contributed by atoms with Crippen LogP contribution in [0.1, 0.15) is 34.3 Å². The highest BCUT2D eigenvalue weighted by Crippen LogP contribution is 2.16. The van der Waals surface area contributed by atoms with Crippen LogP contribution in [0, 0.1) is 13.8 Å². The first-order valence-corrected chi connectivity index (χ1v) is 6.65. The number of benzene rings is 1. The fourth-order valence-corrected chi connectivity index (χ4v) is 2.68. The number of nitrogens with one attached hydrogen (secondary N) is 1. The van der Waals surface area contributed by atoms with Crippen molar-refractivity contribution in [2.45, 2.75) is 32.7 Å². The minimum absolute atomic E-state index is 0. The van der Waals surface area contributed by atoms with Crippen LogP contribution in [-0.2, 0) is 0 Å². The Morgan fingerprint density at radius 2 is 1.89 bits per heavy atom. The largest absolute Gasteiger partial charge is 0.337 e. The number of nitrogens with zero attached hydrogens (tertiary/aromatic N) is 1. The molecule has 1 aliphatic rings. The summed E-state index contributed by atoms with van der Waals surface area (Å²) in [4.78, 5) is 14.4. The van der Waals surface area contributed by atoms with Gasteiger partial charge in [-0.15, -0.1) is 12.4 Å². The Bertz CT molecular complexity index is 428. The van der Waals surface area contributed by atoms with Gasteiger partial charge in [-0.1, -0.05) is 17.2 Å². The summed E-state index contributed by atoms with van der Waals surface area (Å²) in [5.41, 5.74) is 3.13. The van der Waals surface area contributed by atoms with Crippen LogP contribution in [0.2, 0.25) is 0 Å². The molecule has 0 radical (unpaired) electrons. The molecule has 0 bridgehead atoms. The number of hydrogen-bond donors (Lipinski definition) is 1. The molecule has 1 N–H and O–H groups in total. The molecule has 1 fully saturated rings. The van der Waals surface area contributed by atoms with E-state index in [0.29, 0.717) is 6.04 Å². The summed E-state index contributed by atoms with van der Waals surface area (Å²) in [6, 6.07) is 6.51. The average Bonchev–Trinajstić information content (AvgIpc) is 2.37. The van der Waals surface area contributed by atoms with E-state index in [1.807, 2.05) is 37.9 Å². The van der Waals surface area contributed by atoms with Gasteiger partial charge in [0.05, 0.1) is 0 Å². The number of amides is 1. The van der Waals surface area contributed by atoms with Crippen LogP contribution in [-0.4, -0.2) is 37.0 Å². The first-order chi connectivity index (χ1) is 8.60. The predicted molar refractivity (Wildman–Crippen MR) is 81.1 cm³/mol. The number of rotatable bonds is 2. The van der Waals surface area contributed by atoms with E-state index >= 15 is 0 Å². The number of carbonyl (C=O) groups excluding carboxylic acids is 1. The highest BCUT2D eigenvalue weighted by molar-refractivity contribution is 5.94. The van der Waals surface area contributed by atoms with Gasteiger partial charge in [-0.2, -0.15) is 0 Å². The molecule has 1 aromatic rings. The maximum absolute atomic E-state index is 12.5. The number of likely N-dealkylation sites (N-methyl/N-ethyl adjacent to an activating group) is 1. The topological polar surface area (TPSA) is 32.3 Å². The van der Waals surface area contributed by atoms with Crippen LogP contribution < -0.4 is 5.32 Å². The molecule has 3 nitrogen and oxygen atoms in total. The van der Waals surface area contributed by atoms with Gasteiger partial charge in [0.1, 0.15) is 0 Å². The lowest BCUT2D eigenvalue weighted by Gasteiger charge is -2.32. The van der Waals surface area contributed by atoms with Gasteiger partial charge in [-0.3, -0.25) is 4.79 Å². The summed E-state index contributed by atoms with van der Waals surface area (Å²) < 4.78 is 0. The third-order valence-corrected chi connectivity index (χ3v) is 3.59. The average molecular weight is 283 g/mol. The number of aryl methyl sites for hydroxylation is 2. The second kappa shape index (κ2) is 6.92. The Morgan fingerprint density at radius 1 is 1.26 bits per heavy atom. The number of hydrogen-bond acceptors (Lipinski definition) is 2. The van der Waals surface area contributed by atoms with Gasteiger partial charge in [0.15, 0.2) is 0 Å². The van der Waals surface area contributed by atoms with E-state index in [0.717, 1.165) is 42.6 Å². The van der Waals surface area contributed by atoms with Gasteiger partial charge in [-0.25, -0.2) is 0 Å². The van der Waals surface area contributed by atoms with Crippen molar-refractivity contribution in [1.82, 2.24) is 10.2 Å². The number of likely N-dealkylation sites (tertiary alicyclic amines) is 1. The van der Waals surface area contributed by atoms with Gasteiger partial charge < -0.3 is 10.2 Å². The zero-order chi connectivity index (χ0) is 13.1. The predicted octanol–water partition coefficient (Wildman–Crippen LogP) is 2.55. The van der Waals surface area contributed by atoms with E-state index in [2.05, 4.69) is 11.4 Å². The lowest BCUT2D eigenvalue weighted by Crippen LogP contribution is -2.46. The molecule has 0 aromatic heterocycles. The van der Waals surface area contributed by atoms with E-state index in [-0.39, 0.29) is 18.3 Å². The lowest BCUT2D eigenvalue weighted by molar-refractivity contribution is 0.0698. The van der Waals surface area contributed by atoms with Crippen molar-refractivity contribution < 1.29 is 4.79 Å². The third-order valence-electron chi connectivity index (χ3n) is 3.59. The van der Waals surface area contributed by atoms with Crippen LogP contribution in [0.25, 0.3) is 0 Å². The van der Waals surface area contributed by atoms with E-state index in [1.165, 1.54) is 0 Å². The van der Waals surface area contributed by atoms with Crippen LogP contribution in [0.5, 0.6) is 0 Å². The molecular formula is C15H23ClN2O. The lowest BCUT2D eigenvalue weighted by atomic mass is 10.0. The van der Waals surface area contributed by atoms with Crippen molar-refractivity contribution in [3.05, 3.63) is 34.9 Å². The van der Waals surface area contributed by atoms with Crippen molar-refractivity contribution in [2.75, 3.05) is 20.1 Å². The molecule has 2 rings (SSSR count). The first kappa shape index (κ1) is 16.0. The summed E-state index contributed by atoms with van der Waals surface area (Å²) >= 11 is 0. The second-order valence-corrected chi connectivity index (χ2v) is 5.26. The highest BCUT2D eigenvalue weighted by atomic mass is 35.5. The van der Waals surface area contributed by atoms with Crippen molar-refractivity contribution in [1.29, 1.82) is 0 Å². The summed E-state index contributed by atoms with van der Waals surface area (Å²) in [6.07, 6.45) is 2.25. The van der Waals surface area contributed by atoms with Gasteiger partial charge in [0.25, 0.3) is 5.91 Å². The van der Waals surface area contributed by atoms with Crippen molar-refractivity contribution in [2.24, 2.45) is 0 Å². The summed E-state index contributed by atoms with van der Waals surface area (Å²) in [6.45, 7) is 5.78. The Hall–Kier alpha value is -1.06. The van der Waals surface area contributed by atoms with E-state index in [9.17, 15) is 4.79 Å². The maximum atomic E-state index is 12.5. The Labute approximate surface area is 121 Å². The Balaban J connectivity index is 0.00000180. The second-order valence-electron chi connectivity index (χ2n) is 5.26. The summed E-state index contributed by atoms with van der Waals surface area (Å²) in [7, 11) is 1.97. The fraction of sp³-hybridized carbons (Fsp3) is 0.533. The fourth-order valence-electron chi connectivity index (χ4n) is 2.68. The van der Waals surface area contributed by atoms with E-state index in [1.54, 1.807) is 0 Å². The monoisotopic (exact) mass is 282 g/mol. The Kier molecular flexibility index (Phi) is 5.83. The zero-order valence-electron chi connectivity index (χ0n) is 11.9. The molecule has 1 saturated heterocycles. The van der Waals surface area contributed by atoms with Gasteiger partial charge in [-0.05, 0) is 45.9 Å². The molecule has 4 heteroatoms. The number of carbonyl (C=O) groups is 1. The van der Waals surface area contributed by atoms with Gasteiger partial charge in [0, 0.05) is 24.7 Å². The van der Waals surface area contributed by atoms with Crippen molar-refractivity contribution in [3.63, 3.8) is 0 Å². The third kappa shape index (κ3) is 3.95. The highest BCUT2D eigenvalue weighted by Gasteiger charge is 2.23. The summed E-state index contributed by atoms with van der Waals surface area (Å²) in [5.74, 6) is 0.168. The minimum Gasteiger partial charge on any atom is -0.337 e. The normalized spacial score (nSPS) is 18.9. The molecular weight excluding hydrogens is 260 g/mol. The molecule has 0 spiro atoms. The summed E-state index contributed by atoms with van der Waals surface area (Å²) in [5, 5.41) is 3.27. The maximum Gasteiger partial charge on any atom is 0.253 e. The molecule has 106 valence electrons. The van der Waals surface area contributed by atoms with Crippen LogP contribution in [0.15, 0.2) is 18.2 Å². The quantitative estimate of drug-likeness (QED) is 0.904. The van der Waals surface area contributed by atoms with E-state index in [4.69, 9.17) is 0 Å². The Morgan fingerprint density at radius 3 is 2.47 bits per heavy atom. The SMILES string of the molecule is CNC1CCCN(C(=O)c2cc(C)cc(C)c2)C1.Cl. The van der Waals surface area contributed by atoms with Crippen molar-refractivity contribution in [3.8, 4) is 0 Å². The molecule has 19 heavy (non-hydrogen) atoms. The minimum atomic E-state index is 0. The van der Waals surface area contributed by atoms with Gasteiger partial charge >= 0.3 is 0 Å². The smallest absolute Gasteiger partial charge is 0.253 e. The molecule has 1 amide bonds. The molecule has 0 saturated carbocycles. The standard InChI is InChI=1S/C15H22N2O.ClH/c1-11-7-12(2)9-13(8-11)15(18)17-6-4-5-14(10-17)16-3;/h7-9,14,16H,4-6,10H2,1-3H3;1H. The van der Waals surface area contributed by atoms with Crippen LogP contribution >= 0.6 is 12.4 Å². The molecule has 1 heterocycles. The van der Waals surface area contributed by atoms with Crippen LogP contribution in [0.3, 0.4) is 0 Å². The zero-order valence-corrected chi connectivity index (χ0v) is 12.7. The van der Waals surface area contributed by atoms with Crippen molar-refractivity contribution >= 4 is 18.3 Å². The number of halogens is 1. The van der Waals surface area contributed by atoms with Gasteiger partial charge in [0.2, 0.25) is 0 Å². The molecule has 1 aliphatic heterocycles. The number of piperidine rings is 1.